The Kier molecular flexibility index (Phi) is 2.67. The molecule has 0 aliphatic carbocycles. The molecule has 0 amide bonds. The predicted octanol–water partition coefficient (Wildman–Crippen LogP) is 1.49. The monoisotopic (exact) mass is 254 g/mol. The fourth-order valence-corrected chi connectivity index (χ4v) is 2.14. The van der Waals surface area contributed by atoms with Crippen LogP contribution in [-0.2, 0) is 13.6 Å². The summed E-state index contributed by atoms with van der Waals surface area (Å²) in [6, 6.07) is 5.57. The van der Waals surface area contributed by atoms with Gasteiger partial charge < -0.3 is 4.57 Å². The third kappa shape index (κ3) is 2.14. The number of aromatic nitrogens is 4. The largest absolute Gasteiger partial charge is 0.310 e. The van der Waals surface area contributed by atoms with Gasteiger partial charge in [0.15, 0.2) is 0 Å². The third-order valence-corrected chi connectivity index (χ3v) is 3.08. The van der Waals surface area contributed by atoms with Gasteiger partial charge in [-0.3, -0.25) is 14.5 Å². The van der Waals surface area contributed by atoms with Crippen molar-refractivity contribution in [1.29, 1.82) is 0 Å². The lowest BCUT2D eigenvalue weighted by Crippen LogP contribution is -2.20. The van der Waals surface area contributed by atoms with E-state index < -0.39 is 0 Å². The van der Waals surface area contributed by atoms with Crippen LogP contribution in [0.1, 0.15) is 11.3 Å². The quantitative estimate of drug-likeness (QED) is 0.696. The Balaban J connectivity index is 2.08. The Morgan fingerprint density at radius 3 is 2.84 bits per heavy atom. The van der Waals surface area contributed by atoms with Crippen LogP contribution in [0.25, 0.3) is 10.9 Å². The molecule has 3 rings (SSSR count). The molecule has 0 unspecified atom stereocenters. The molecule has 0 bridgehead atoms. The van der Waals surface area contributed by atoms with Gasteiger partial charge in [-0.15, -0.1) is 0 Å². The minimum absolute atomic E-state index is 0.0196. The highest BCUT2D eigenvalue weighted by atomic mass is 16.1. The van der Waals surface area contributed by atoms with Gasteiger partial charge in [0.05, 0.1) is 23.6 Å². The lowest BCUT2D eigenvalue weighted by Gasteiger charge is -2.05. The number of nitrogens with zero attached hydrogens (tertiary/aromatic N) is 4. The molecular weight excluding hydrogens is 240 g/mol. The molecule has 5 nitrogen and oxygen atoms in total. The fraction of sp³-hybridized carbons (Fsp3) is 0.214. The summed E-state index contributed by atoms with van der Waals surface area (Å²) < 4.78 is 3.41. The maximum Gasteiger partial charge on any atom is 0.260 e. The van der Waals surface area contributed by atoms with E-state index in [4.69, 9.17) is 0 Å². The highest BCUT2D eigenvalue weighted by Gasteiger charge is 2.05. The molecule has 0 aromatic carbocycles. The molecule has 0 N–H and O–H groups in total. The summed E-state index contributed by atoms with van der Waals surface area (Å²) in [4.78, 5) is 16.7. The van der Waals surface area contributed by atoms with Crippen molar-refractivity contribution < 1.29 is 0 Å². The Hall–Kier alpha value is -2.43. The number of pyridine rings is 2. The van der Waals surface area contributed by atoms with Crippen LogP contribution in [0.4, 0.5) is 0 Å². The Morgan fingerprint density at radius 2 is 2.11 bits per heavy atom. The summed E-state index contributed by atoms with van der Waals surface area (Å²) in [5.41, 5.74) is 2.64. The lowest BCUT2D eigenvalue weighted by atomic mass is 10.2. The zero-order valence-corrected chi connectivity index (χ0v) is 10.9. The number of fused-ring (bicyclic) bond motifs is 1. The first kappa shape index (κ1) is 11.6. The van der Waals surface area contributed by atoms with Crippen molar-refractivity contribution in [3.63, 3.8) is 0 Å². The zero-order valence-electron chi connectivity index (χ0n) is 10.9. The van der Waals surface area contributed by atoms with Crippen molar-refractivity contribution >= 4 is 10.9 Å². The third-order valence-electron chi connectivity index (χ3n) is 3.08. The number of hydrogen-bond donors (Lipinski definition) is 0. The maximum absolute atomic E-state index is 12.3. The normalized spacial score (nSPS) is 11.1. The van der Waals surface area contributed by atoms with Gasteiger partial charge in [0.2, 0.25) is 0 Å². The van der Waals surface area contributed by atoms with Crippen molar-refractivity contribution in [1.82, 2.24) is 19.3 Å². The van der Waals surface area contributed by atoms with E-state index in [1.807, 2.05) is 38.4 Å². The van der Waals surface area contributed by atoms with E-state index >= 15 is 0 Å². The van der Waals surface area contributed by atoms with E-state index in [2.05, 4.69) is 10.1 Å². The molecule has 19 heavy (non-hydrogen) atoms. The van der Waals surface area contributed by atoms with Crippen molar-refractivity contribution in [3.05, 3.63) is 58.4 Å². The molecule has 5 heteroatoms. The van der Waals surface area contributed by atoms with E-state index in [1.54, 1.807) is 21.6 Å². The summed E-state index contributed by atoms with van der Waals surface area (Å²) in [6.07, 6.45) is 5.46. The van der Waals surface area contributed by atoms with Gasteiger partial charge in [-0.05, 0) is 25.1 Å². The summed E-state index contributed by atoms with van der Waals surface area (Å²) in [6.45, 7) is 2.44. The van der Waals surface area contributed by atoms with Gasteiger partial charge in [-0.1, -0.05) is 0 Å². The Labute approximate surface area is 110 Å². The van der Waals surface area contributed by atoms with Crippen LogP contribution in [0, 0.1) is 6.92 Å². The molecule has 3 aromatic rings. The van der Waals surface area contributed by atoms with Crippen LogP contribution in [0.15, 0.2) is 41.6 Å². The SMILES string of the molecule is Cc1ccc2c(=O)n(Cc3cnn(C)c3)ccc2n1. The first-order valence-electron chi connectivity index (χ1n) is 6.08. The van der Waals surface area contributed by atoms with E-state index in [1.165, 1.54) is 0 Å². The molecular formula is C14H14N4O. The number of aryl methyl sites for hydroxylation is 2. The van der Waals surface area contributed by atoms with E-state index in [0.29, 0.717) is 11.9 Å². The van der Waals surface area contributed by atoms with Crippen LogP contribution in [0.2, 0.25) is 0 Å². The van der Waals surface area contributed by atoms with Crippen LogP contribution >= 0.6 is 0 Å². The van der Waals surface area contributed by atoms with Crippen molar-refractivity contribution in [3.8, 4) is 0 Å². The van der Waals surface area contributed by atoms with Crippen LogP contribution in [0.5, 0.6) is 0 Å². The average molecular weight is 254 g/mol. The molecule has 0 aliphatic heterocycles. The van der Waals surface area contributed by atoms with E-state index in [9.17, 15) is 4.79 Å². The van der Waals surface area contributed by atoms with Crippen LogP contribution in [0.3, 0.4) is 0 Å². The van der Waals surface area contributed by atoms with Gasteiger partial charge in [-0.2, -0.15) is 5.10 Å². The second-order valence-corrected chi connectivity index (χ2v) is 4.66. The standard InChI is InChI=1S/C14H14N4O/c1-10-3-4-12-13(16-10)5-6-18(14(12)19)9-11-7-15-17(2)8-11/h3-8H,9H2,1-2H3. The van der Waals surface area contributed by atoms with Crippen molar-refractivity contribution in [2.24, 2.45) is 7.05 Å². The Morgan fingerprint density at radius 1 is 1.26 bits per heavy atom. The van der Waals surface area contributed by atoms with Crippen LogP contribution in [-0.4, -0.2) is 19.3 Å². The van der Waals surface area contributed by atoms with Gasteiger partial charge >= 0.3 is 0 Å². The fourth-order valence-electron chi connectivity index (χ4n) is 2.14. The van der Waals surface area contributed by atoms with Crippen molar-refractivity contribution in [2.45, 2.75) is 13.5 Å². The highest BCUT2D eigenvalue weighted by Crippen LogP contribution is 2.08. The molecule has 0 saturated carbocycles. The molecule has 0 spiro atoms. The maximum atomic E-state index is 12.3. The van der Waals surface area contributed by atoms with E-state index in [0.717, 1.165) is 16.8 Å². The lowest BCUT2D eigenvalue weighted by molar-refractivity contribution is 0.754. The molecule has 0 saturated heterocycles. The summed E-state index contributed by atoms with van der Waals surface area (Å²) in [5.74, 6) is 0. The smallest absolute Gasteiger partial charge is 0.260 e. The van der Waals surface area contributed by atoms with Gasteiger partial charge in [0, 0.05) is 30.7 Å². The summed E-state index contributed by atoms with van der Waals surface area (Å²) >= 11 is 0. The van der Waals surface area contributed by atoms with Crippen LogP contribution < -0.4 is 5.56 Å². The average Bonchev–Trinajstić information content (AvgIpc) is 2.78. The molecule has 0 atom stereocenters. The molecule has 0 fully saturated rings. The molecule has 0 radical (unpaired) electrons. The predicted molar refractivity (Wildman–Crippen MR) is 73.1 cm³/mol. The molecule has 96 valence electrons. The van der Waals surface area contributed by atoms with Gasteiger partial charge in [-0.25, -0.2) is 0 Å². The minimum Gasteiger partial charge on any atom is -0.310 e. The topological polar surface area (TPSA) is 52.7 Å². The van der Waals surface area contributed by atoms with Crippen molar-refractivity contribution in [2.75, 3.05) is 0 Å². The molecule has 3 aromatic heterocycles. The first-order valence-corrected chi connectivity index (χ1v) is 6.08. The Bertz CT molecular complexity index is 801. The number of rotatable bonds is 2. The second-order valence-electron chi connectivity index (χ2n) is 4.66. The molecule has 0 aliphatic rings. The highest BCUT2D eigenvalue weighted by molar-refractivity contribution is 5.77. The first-order chi connectivity index (χ1) is 9.13. The summed E-state index contributed by atoms with van der Waals surface area (Å²) in [7, 11) is 1.86. The summed E-state index contributed by atoms with van der Waals surface area (Å²) in [5, 5.41) is 4.76. The minimum atomic E-state index is -0.0196. The molecule has 3 heterocycles. The second kappa shape index (κ2) is 4.35. The zero-order chi connectivity index (χ0) is 13.4. The van der Waals surface area contributed by atoms with Gasteiger partial charge in [0.1, 0.15) is 0 Å². The van der Waals surface area contributed by atoms with Gasteiger partial charge in [0.25, 0.3) is 5.56 Å². The number of hydrogen-bond acceptors (Lipinski definition) is 3. The van der Waals surface area contributed by atoms with E-state index in [-0.39, 0.29) is 5.56 Å².